The average molecular weight is 381 g/mol. The van der Waals surface area contributed by atoms with Crippen molar-refractivity contribution in [2.24, 2.45) is 16.2 Å². The molecule has 0 radical (unpaired) electrons. The van der Waals surface area contributed by atoms with Crippen molar-refractivity contribution in [1.29, 1.82) is 5.41 Å². The van der Waals surface area contributed by atoms with Gasteiger partial charge in [0.2, 0.25) is 5.75 Å². The number of allylic oxidation sites excluding steroid dienone is 2. The second-order valence-corrected chi connectivity index (χ2v) is 5.97. The Hall–Kier alpha value is -3.55. The van der Waals surface area contributed by atoms with E-state index in [0.717, 1.165) is 6.42 Å². The van der Waals surface area contributed by atoms with E-state index in [9.17, 15) is 10.1 Å². The van der Waals surface area contributed by atoms with Crippen LogP contribution in [0.1, 0.15) is 31.4 Å². The van der Waals surface area contributed by atoms with E-state index in [-0.39, 0.29) is 17.3 Å². The van der Waals surface area contributed by atoms with Gasteiger partial charge in [-0.2, -0.15) is 0 Å². The maximum atomic E-state index is 11.7. The van der Waals surface area contributed by atoms with E-state index < -0.39 is 4.92 Å². The van der Waals surface area contributed by atoms with E-state index in [1.165, 1.54) is 6.07 Å². The minimum absolute atomic E-state index is 0.104. The van der Waals surface area contributed by atoms with Gasteiger partial charge >= 0.3 is 5.69 Å². The Morgan fingerprint density at radius 3 is 2.75 bits per heavy atom. The van der Waals surface area contributed by atoms with Gasteiger partial charge in [-0.05, 0) is 37.0 Å². The van der Waals surface area contributed by atoms with Gasteiger partial charge in [0, 0.05) is 17.2 Å². The molecule has 0 saturated carbocycles. The van der Waals surface area contributed by atoms with Gasteiger partial charge in [0.1, 0.15) is 0 Å². The predicted molar refractivity (Wildman–Crippen MR) is 109 cm³/mol. The fourth-order valence-corrected chi connectivity index (χ4v) is 2.78. The molecule has 0 aliphatic rings. The Kier molecular flexibility index (Phi) is 7.38. The molecule has 0 atom stereocenters. The van der Waals surface area contributed by atoms with Gasteiger partial charge in [-0.1, -0.05) is 48.6 Å². The van der Waals surface area contributed by atoms with Crippen LogP contribution in [0, 0.1) is 15.5 Å². The van der Waals surface area contributed by atoms with Gasteiger partial charge < -0.3 is 10.6 Å². The van der Waals surface area contributed by atoms with Gasteiger partial charge in [0.15, 0.2) is 5.84 Å². The first-order valence-electron chi connectivity index (χ1n) is 8.88. The summed E-state index contributed by atoms with van der Waals surface area (Å²) in [5.74, 6) is 5.23. The van der Waals surface area contributed by atoms with Crippen LogP contribution in [0.25, 0.3) is 11.1 Å². The average Bonchev–Trinajstić information content (AvgIpc) is 2.70. The van der Waals surface area contributed by atoms with Crippen LogP contribution in [0.2, 0.25) is 0 Å². The van der Waals surface area contributed by atoms with Crippen molar-refractivity contribution < 1.29 is 9.66 Å². The quantitative estimate of drug-likeness (QED) is 0.129. The topological polar surface area (TPSA) is 127 Å². The Balaban J connectivity index is 2.71. The number of nitrogens with zero attached hydrogens (tertiary/aromatic N) is 3. The highest BCUT2D eigenvalue weighted by molar-refractivity contribution is 6.03. The highest BCUT2D eigenvalue weighted by atomic mass is 16.6. The third-order valence-corrected chi connectivity index (χ3v) is 4.02. The van der Waals surface area contributed by atoms with E-state index in [1.807, 2.05) is 32.1 Å². The third kappa shape index (κ3) is 4.79. The van der Waals surface area contributed by atoms with Crippen molar-refractivity contribution in [3.05, 3.63) is 69.8 Å². The smallest absolute Gasteiger partial charge is 0.311 e. The zero-order valence-corrected chi connectivity index (χ0v) is 15.9. The number of rotatable bonds is 8. The molecule has 8 nitrogen and oxygen atoms in total. The van der Waals surface area contributed by atoms with Crippen LogP contribution < -0.4 is 10.6 Å². The first kappa shape index (κ1) is 20.8. The summed E-state index contributed by atoms with van der Waals surface area (Å²) in [6, 6.07) is 10.4. The lowest BCUT2D eigenvalue weighted by Gasteiger charge is -2.14. The van der Waals surface area contributed by atoms with Crippen LogP contribution >= 0.6 is 0 Å². The van der Waals surface area contributed by atoms with Crippen LogP contribution in [-0.4, -0.2) is 17.4 Å². The van der Waals surface area contributed by atoms with Crippen LogP contribution in [0.4, 0.5) is 5.69 Å². The molecule has 0 unspecified atom stereocenters. The lowest BCUT2D eigenvalue weighted by Crippen LogP contribution is -2.04. The van der Waals surface area contributed by atoms with Gasteiger partial charge in [0.25, 0.3) is 0 Å². The first-order valence-corrected chi connectivity index (χ1v) is 8.88. The Morgan fingerprint density at radius 2 is 2.11 bits per heavy atom. The summed E-state index contributed by atoms with van der Waals surface area (Å²) in [4.78, 5) is 11.3. The molecule has 0 bridgehead atoms. The zero-order valence-electron chi connectivity index (χ0n) is 15.9. The van der Waals surface area contributed by atoms with Crippen molar-refractivity contribution in [2.45, 2.75) is 26.7 Å². The van der Waals surface area contributed by atoms with Crippen molar-refractivity contribution >= 4 is 11.5 Å². The molecule has 2 aromatic carbocycles. The molecule has 2 aromatic rings. The fourth-order valence-electron chi connectivity index (χ4n) is 2.78. The second-order valence-electron chi connectivity index (χ2n) is 5.97. The molecule has 0 amide bonds. The standard InChI is InChI=1S/C20H23N5O3/c1-3-5-8-14-12-15(13-18(25(26)27)19(14)28-11-4-2)16-9-6-7-10-17(16)20(21)23-24-22/h3,5-7,9-10,12-13H,4,8,11H2,1-2H3,(H3,21,22,23)/b5-3+. The number of nitro benzene ring substituents is 1. The molecule has 28 heavy (non-hydrogen) atoms. The largest absolute Gasteiger partial charge is 0.487 e. The number of nitro groups is 1. The fraction of sp³-hybridized carbons (Fsp3) is 0.250. The minimum Gasteiger partial charge on any atom is -0.487 e. The summed E-state index contributed by atoms with van der Waals surface area (Å²) in [6.45, 7) is 4.22. The zero-order chi connectivity index (χ0) is 20.5. The molecule has 146 valence electrons. The molecule has 0 saturated heterocycles. The maximum absolute atomic E-state index is 11.7. The number of hydrogen-bond donors (Lipinski definition) is 2. The molecule has 8 heteroatoms. The van der Waals surface area contributed by atoms with Crippen LogP contribution in [0.3, 0.4) is 0 Å². The van der Waals surface area contributed by atoms with Crippen molar-refractivity contribution in [1.82, 2.24) is 0 Å². The van der Waals surface area contributed by atoms with Crippen molar-refractivity contribution in [2.75, 3.05) is 6.61 Å². The van der Waals surface area contributed by atoms with Crippen LogP contribution in [0.5, 0.6) is 5.75 Å². The van der Waals surface area contributed by atoms with Gasteiger partial charge in [-0.15, -0.1) is 5.11 Å². The lowest BCUT2D eigenvalue weighted by atomic mass is 9.95. The van der Waals surface area contributed by atoms with E-state index in [2.05, 4.69) is 10.3 Å². The van der Waals surface area contributed by atoms with E-state index in [4.69, 9.17) is 16.0 Å². The van der Waals surface area contributed by atoms with Crippen LogP contribution in [-0.2, 0) is 6.42 Å². The van der Waals surface area contributed by atoms with Gasteiger partial charge in [0.05, 0.1) is 11.5 Å². The molecule has 0 aromatic heterocycles. The second kappa shape index (κ2) is 9.96. The summed E-state index contributed by atoms with van der Waals surface area (Å²) < 4.78 is 5.72. The molecule has 0 aliphatic heterocycles. The monoisotopic (exact) mass is 381 g/mol. The molecule has 0 heterocycles. The highest BCUT2D eigenvalue weighted by Crippen LogP contribution is 2.38. The predicted octanol–water partition coefficient (Wildman–Crippen LogP) is 4.82. The summed E-state index contributed by atoms with van der Waals surface area (Å²) in [6.07, 6.45) is 5.03. The Morgan fingerprint density at radius 1 is 1.36 bits per heavy atom. The normalized spacial score (nSPS) is 11.2. The molecule has 0 spiro atoms. The maximum Gasteiger partial charge on any atom is 0.311 e. The summed E-state index contributed by atoms with van der Waals surface area (Å²) >= 11 is 0. The highest BCUT2D eigenvalue weighted by Gasteiger charge is 2.22. The Bertz CT molecular complexity index is 922. The minimum atomic E-state index is -0.443. The number of amidine groups is 1. The molecular formula is C20H23N5O3. The third-order valence-electron chi connectivity index (χ3n) is 4.02. The van der Waals surface area contributed by atoms with Crippen LogP contribution in [0.15, 0.2) is 58.9 Å². The van der Waals surface area contributed by atoms with Gasteiger partial charge in [-0.25, -0.2) is 0 Å². The molecule has 0 aliphatic carbocycles. The Labute approximate surface area is 163 Å². The number of hydrogen-bond acceptors (Lipinski definition) is 5. The SMILES string of the molecule is C/C=C/Cc1cc(-c2ccccc2C(=N)N=NN)cc([N+](=O)[O-])c1OCCC. The first-order chi connectivity index (χ1) is 13.5. The molecule has 2 rings (SSSR count). The number of nitrogens with two attached hydrogens (primary N) is 1. The van der Waals surface area contributed by atoms with Crippen molar-refractivity contribution in [3.63, 3.8) is 0 Å². The summed E-state index contributed by atoms with van der Waals surface area (Å²) in [7, 11) is 0. The number of ether oxygens (including phenoxy) is 1. The number of nitrogens with one attached hydrogen (secondary N) is 1. The summed E-state index contributed by atoms with van der Waals surface area (Å²) in [5.41, 5.74) is 2.31. The number of benzene rings is 2. The molecular weight excluding hydrogens is 358 g/mol. The van der Waals surface area contributed by atoms with E-state index in [0.29, 0.717) is 35.3 Å². The molecule has 3 N–H and O–H groups in total. The summed E-state index contributed by atoms with van der Waals surface area (Å²) in [5, 5.41) is 26.5. The van der Waals surface area contributed by atoms with E-state index >= 15 is 0 Å². The van der Waals surface area contributed by atoms with Gasteiger partial charge in [-0.3, -0.25) is 15.5 Å². The van der Waals surface area contributed by atoms with E-state index in [1.54, 1.807) is 24.3 Å². The molecule has 0 fully saturated rings. The van der Waals surface area contributed by atoms with Crippen molar-refractivity contribution in [3.8, 4) is 16.9 Å². The lowest BCUT2D eigenvalue weighted by molar-refractivity contribution is -0.385.